The van der Waals surface area contributed by atoms with Crippen LogP contribution in [0.1, 0.15) is 36.3 Å². The molecule has 0 bridgehead atoms. The van der Waals surface area contributed by atoms with Crippen LogP contribution in [0.25, 0.3) is 39.1 Å². The summed E-state index contributed by atoms with van der Waals surface area (Å²) in [7, 11) is 0. The molecule has 4 heterocycles. The van der Waals surface area contributed by atoms with E-state index in [9.17, 15) is 0 Å². The minimum atomic E-state index is -0.179. The molecule has 0 atom stereocenters. The van der Waals surface area contributed by atoms with Gasteiger partial charge in [-0.1, -0.05) is 60.7 Å². The quantitative estimate of drug-likeness (QED) is 0.329. The molecular formula is C31H26N6. The fourth-order valence-corrected chi connectivity index (χ4v) is 5.32. The van der Waals surface area contributed by atoms with Crippen LogP contribution in [0.2, 0.25) is 0 Å². The third kappa shape index (κ3) is 3.77. The molecule has 0 unspecified atom stereocenters. The maximum Gasteiger partial charge on any atom is 0.161 e. The maximum absolute atomic E-state index is 6.59. The third-order valence-corrected chi connectivity index (χ3v) is 7.55. The minimum absolute atomic E-state index is 0.179. The van der Waals surface area contributed by atoms with E-state index in [-0.39, 0.29) is 5.54 Å². The van der Waals surface area contributed by atoms with Crippen LogP contribution in [0.3, 0.4) is 0 Å². The zero-order chi connectivity index (χ0) is 24.8. The molecule has 1 fully saturated rings. The van der Waals surface area contributed by atoms with Gasteiger partial charge in [0.2, 0.25) is 0 Å². The molecule has 180 valence electrons. The van der Waals surface area contributed by atoms with Crippen molar-refractivity contribution < 1.29 is 0 Å². The highest BCUT2D eigenvalue weighted by Crippen LogP contribution is 2.40. The first-order valence-corrected chi connectivity index (χ1v) is 12.7. The van der Waals surface area contributed by atoms with Crippen LogP contribution in [0.5, 0.6) is 0 Å². The Balaban J connectivity index is 1.42. The van der Waals surface area contributed by atoms with Crippen molar-refractivity contribution in [1.82, 2.24) is 24.6 Å². The number of nitrogens with two attached hydrogens (primary N) is 1. The monoisotopic (exact) mass is 482 g/mol. The van der Waals surface area contributed by atoms with Crippen molar-refractivity contribution in [3.8, 4) is 22.4 Å². The van der Waals surface area contributed by atoms with Gasteiger partial charge in [0.1, 0.15) is 5.82 Å². The van der Waals surface area contributed by atoms with Gasteiger partial charge in [0.15, 0.2) is 5.65 Å². The molecule has 0 radical (unpaired) electrons. The lowest BCUT2D eigenvalue weighted by Gasteiger charge is -2.38. The normalized spacial score (nSPS) is 14.6. The molecule has 4 aromatic heterocycles. The second-order valence-corrected chi connectivity index (χ2v) is 9.88. The largest absolute Gasteiger partial charge is 0.321 e. The predicted octanol–water partition coefficient (Wildman–Crippen LogP) is 5.94. The molecule has 6 aromatic rings. The Labute approximate surface area is 214 Å². The Kier molecular flexibility index (Phi) is 5.08. The smallest absolute Gasteiger partial charge is 0.161 e. The lowest BCUT2D eigenvalue weighted by molar-refractivity contribution is 0.253. The molecular weight excluding hydrogens is 456 g/mol. The number of rotatable bonds is 5. The second kappa shape index (κ2) is 8.61. The Morgan fingerprint density at radius 3 is 2.35 bits per heavy atom. The summed E-state index contributed by atoms with van der Waals surface area (Å²) in [4.78, 5) is 9.69. The minimum Gasteiger partial charge on any atom is -0.321 e. The Hall–Kier alpha value is -4.42. The molecule has 0 saturated heterocycles. The van der Waals surface area contributed by atoms with E-state index >= 15 is 0 Å². The van der Waals surface area contributed by atoms with Crippen molar-refractivity contribution in [2.45, 2.75) is 31.2 Å². The standard InChI is InChI=1S/C31H26N6/c32-31(16-6-17-31)23-12-10-22(11-13-23)30-25(21-7-2-1-3-8-21)20-27-26(34-30)14-15-28-35-36-29(37(27)28)19-24-9-4-5-18-33-24/h1-5,7-15,18,20H,6,16-17,19,32H2. The number of benzene rings is 2. The zero-order valence-corrected chi connectivity index (χ0v) is 20.4. The van der Waals surface area contributed by atoms with E-state index in [1.807, 2.05) is 36.4 Å². The summed E-state index contributed by atoms with van der Waals surface area (Å²) in [6.45, 7) is 0. The summed E-state index contributed by atoms with van der Waals surface area (Å²) < 4.78 is 2.10. The van der Waals surface area contributed by atoms with Crippen molar-refractivity contribution in [3.63, 3.8) is 0 Å². The van der Waals surface area contributed by atoms with Gasteiger partial charge in [-0.05, 0) is 60.7 Å². The van der Waals surface area contributed by atoms with Gasteiger partial charge in [0, 0.05) is 28.6 Å². The topological polar surface area (TPSA) is 82.0 Å². The molecule has 2 N–H and O–H groups in total. The lowest BCUT2D eigenvalue weighted by atomic mass is 9.72. The highest BCUT2D eigenvalue weighted by molar-refractivity contribution is 5.91. The number of aromatic nitrogens is 5. The number of hydrogen-bond acceptors (Lipinski definition) is 5. The van der Waals surface area contributed by atoms with E-state index in [4.69, 9.17) is 10.7 Å². The Morgan fingerprint density at radius 1 is 0.811 bits per heavy atom. The van der Waals surface area contributed by atoms with Gasteiger partial charge in [-0.2, -0.15) is 0 Å². The molecule has 0 spiro atoms. The van der Waals surface area contributed by atoms with Gasteiger partial charge >= 0.3 is 0 Å². The summed E-state index contributed by atoms with van der Waals surface area (Å²) in [6, 6.07) is 31.2. The van der Waals surface area contributed by atoms with Crippen LogP contribution in [-0.4, -0.2) is 24.6 Å². The Morgan fingerprint density at radius 2 is 1.62 bits per heavy atom. The lowest BCUT2D eigenvalue weighted by Crippen LogP contribution is -2.43. The van der Waals surface area contributed by atoms with E-state index in [0.29, 0.717) is 6.42 Å². The van der Waals surface area contributed by atoms with Gasteiger partial charge in [-0.25, -0.2) is 4.98 Å². The molecule has 0 amide bonds. The number of nitrogens with zero attached hydrogens (tertiary/aromatic N) is 5. The second-order valence-electron chi connectivity index (χ2n) is 9.88. The highest BCUT2D eigenvalue weighted by Gasteiger charge is 2.34. The molecule has 2 aromatic carbocycles. The summed E-state index contributed by atoms with van der Waals surface area (Å²) in [5.41, 5.74) is 15.4. The van der Waals surface area contributed by atoms with Crippen molar-refractivity contribution in [1.29, 1.82) is 0 Å². The molecule has 37 heavy (non-hydrogen) atoms. The molecule has 1 aliphatic rings. The number of pyridine rings is 3. The first-order valence-electron chi connectivity index (χ1n) is 12.7. The van der Waals surface area contributed by atoms with Gasteiger partial charge in [0.05, 0.1) is 23.1 Å². The van der Waals surface area contributed by atoms with Gasteiger partial charge in [-0.15, -0.1) is 10.2 Å². The van der Waals surface area contributed by atoms with E-state index in [1.165, 1.54) is 12.0 Å². The average Bonchev–Trinajstić information content (AvgIpc) is 3.35. The first kappa shape index (κ1) is 21.8. The summed E-state index contributed by atoms with van der Waals surface area (Å²) >= 11 is 0. The molecule has 1 aliphatic carbocycles. The maximum atomic E-state index is 6.59. The van der Waals surface area contributed by atoms with Crippen LogP contribution in [-0.2, 0) is 12.0 Å². The van der Waals surface area contributed by atoms with E-state index < -0.39 is 0 Å². The first-order chi connectivity index (χ1) is 18.2. The van der Waals surface area contributed by atoms with Crippen molar-refractivity contribution in [2.24, 2.45) is 5.73 Å². The molecule has 6 heteroatoms. The van der Waals surface area contributed by atoms with Crippen LogP contribution < -0.4 is 5.73 Å². The third-order valence-electron chi connectivity index (χ3n) is 7.55. The molecule has 1 saturated carbocycles. The molecule has 6 nitrogen and oxygen atoms in total. The van der Waals surface area contributed by atoms with E-state index in [0.717, 1.165) is 63.4 Å². The predicted molar refractivity (Wildman–Crippen MR) is 146 cm³/mol. The number of fused-ring (bicyclic) bond motifs is 3. The summed E-state index contributed by atoms with van der Waals surface area (Å²) in [5.74, 6) is 0.839. The van der Waals surface area contributed by atoms with E-state index in [2.05, 4.69) is 74.2 Å². The SMILES string of the molecule is NC1(c2ccc(-c3nc4ccc5nnc(Cc6ccccn6)n5c4cc3-c3ccccc3)cc2)CCC1. The van der Waals surface area contributed by atoms with Gasteiger partial charge in [-0.3, -0.25) is 9.38 Å². The average molecular weight is 483 g/mol. The summed E-state index contributed by atoms with van der Waals surface area (Å²) in [5, 5.41) is 8.94. The zero-order valence-electron chi connectivity index (χ0n) is 20.4. The van der Waals surface area contributed by atoms with E-state index in [1.54, 1.807) is 6.20 Å². The van der Waals surface area contributed by atoms with Crippen LogP contribution in [0, 0.1) is 0 Å². The van der Waals surface area contributed by atoms with Gasteiger partial charge < -0.3 is 5.73 Å². The highest BCUT2D eigenvalue weighted by atomic mass is 15.2. The van der Waals surface area contributed by atoms with Crippen molar-refractivity contribution in [3.05, 3.63) is 114 Å². The fourth-order valence-electron chi connectivity index (χ4n) is 5.32. The van der Waals surface area contributed by atoms with Gasteiger partial charge in [0.25, 0.3) is 0 Å². The number of hydrogen-bond donors (Lipinski definition) is 1. The van der Waals surface area contributed by atoms with Crippen molar-refractivity contribution in [2.75, 3.05) is 0 Å². The van der Waals surface area contributed by atoms with Crippen LogP contribution >= 0.6 is 0 Å². The summed E-state index contributed by atoms with van der Waals surface area (Å²) in [6.07, 6.45) is 5.69. The molecule has 0 aliphatic heterocycles. The van der Waals surface area contributed by atoms with Crippen LogP contribution in [0.4, 0.5) is 0 Å². The molecule has 7 rings (SSSR count). The van der Waals surface area contributed by atoms with Crippen molar-refractivity contribution >= 4 is 16.7 Å². The Bertz CT molecular complexity index is 1720. The van der Waals surface area contributed by atoms with Crippen LogP contribution in [0.15, 0.2) is 97.2 Å². The fraction of sp³-hybridized carbons (Fsp3) is 0.161.